The molecule has 0 atom stereocenters. The highest BCUT2D eigenvalue weighted by molar-refractivity contribution is 5.72. The Balaban J connectivity index is 3.43. The Kier molecular flexibility index (Phi) is 21.6. The molecular weight excluding hydrogens is 464 g/mol. The summed E-state index contributed by atoms with van der Waals surface area (Å²) in [5.41, 5.74) is 0. The second kappa shape index (κ2) is 23.5. The van der Waals surface area contributed by atoms with E-state index in [9.17, 15) is 19.2 Å². The maximum Gasteiger partial charge on any atom is 0.508 e. The smallest absolute Gasteiger partial charge is 0.463 e. The van der Waals surface area contributed by atoms with Gasteiger partial charge in [-0.15, -0.1) is 0 Å². The van der Waals surface area contributed by atoms with Crippen LogP contribution < -0.4 is 0 Å². The molecule has 0 aromatic rings. The largest absolute Gasteiger partial charge is 0.508 e. The molecule has 0 aliphatic rings. The molecule has 0 spiro atoms. The van der Waals surface area contributed by atoms with Crippen LogP contribution in [0.2, 0.25) is 0 Å². The highest BCUT2D eigenvalue weighted by Crippen LogP contribution is 2.00. The van der Waals surface area contributed by atoms with Gasteiger partial charge in [-0.2, -0.15) is 0 Å². The van der Waals surface area contributed by atoms with Crippen molar-refractivity contribution in [2.24, 2.45) is 0 Å². The molecule has 0 amide bonds. The summed E-state index contributed by atoms with van der Waals surface area (Å²) in [4.78, 5) is 45.2. The zero-order valence-electron chi connectivity index (χ0n) is 19.4. The minimum atomic E-state index is -0.905. The molecule has 0 heterocycles. The van der Waals surface area contributed by atoms with Gasteiger partial charge in [-0.3, -0.25) is 9.59 Å². The normalized spacial score (nSPS) is 10.3. The van der Waals surface area contributed by atoms with Crippen LogP contribution in [0.25, 0.3) is 0 Å². The van der Waals surface area contributed by atoms with E-state index in [0.29, 0.717) is 0 Å². The zero-order chi connectivity index (χ0) is 25.3. The lowest BCUT2D eigenvalue weighted by Crippen LogP contribution is -2.17. The Morgan fingerprint density at radius 3 is 1.32 bits per heavy atom. The number of aliphatic hydroxyl groups is 1. The third-order valence-corrected chi connectivity index (χ3v) is 3.46. The molecule has 14 nitrogen and oxygen atoms in total. The molecule has 14 heteroatoms. The molecular formula is C20H34O14. The first-order chi connectivity index (χ1) is 16.5. The standard InChI is InChI=1S/C20H34O14/c1-26-7-12-32-20(25)34-16-11-28-9-14-30-18(23)4-2-3-17(22)29-13-8-27-10-15-33-19(24)31-6-5-21/h21H,2-16H2,1H3. The van der Waals surface area contributed by atoms with Crippen LogP contribution in [0.15, 0.2) is 0 Å². The van der Waals surface area contributed by atoms with E-state index in [1.54, 1.807) is 0 Å². The van der Waals surface area contributed by atoms with Crippen LogP contribution in [0.3, 0.4) is 0 Å². The zero-order valence-corrected chi connectivity index (χ0v) is 19.4. The highest BCUT2D eigenvalue weighted by Gasteiger charge is 2.08. The molecule has 198 valence electrons. The summed E-state index contributed by atoms with van der Waals surface area (Å²) in [5, 5.41) is 8.47. The van der Waals surface area contributed by atoms with Gasteiger partial charge in [0.1, 0.15) is 39.6 Å². The van der Waals surface area contributed by atoms with Gasteiger partial charge >= 0.3 is 24.2 Å². The summed E-state index contributed by atoms with van der Waals surface area (Å²) in [7, 11) is 1.48. The van der Waals surface area contributed by atoms with Crippen LogP contribution in [-0.2, 0) is 52.2 Å². The molecule has 0 saturated heterocycles. The molecule has 0 saturated carbocycles. The molecule has 0 aliphatic carbocycles. The topological polar surface area (TPSA) is 172 Å². The van der Waals surface area contributed by atoms with Gasteiger partial charge in [-0.05, 0) is 6.42 Å². The molecule has 0 radical (unpaired) electrons. The molecule has 0 bridgehead atoms. The summed E-state index contributed by atoms with van der Waals surface area (Å²) in [5.74, 6) is -0.959. The van der Waals surface area contributed by atoms with Gasteiger partial charge in [0, 0.05) is 20.0 Å². The van der Waals surface area contributed by atoms with Crippen molar-refractivity contribution in [2.45, 2.75) is 19.3 Å². The predicted octanol–water partition coefficient (Wildman–Crippen LogP) is 0.221. The maximum atomic E-state index is 11.6. The summed E-state index contributed by atoms with van der Waals surface area (Å²) in [6.07, 6.45) is -1.36. The van der Waals surface area contributed by atoms with E-state index >= 15 is 0 Å². The van der Waals surface area contributed by atoms with Gasteiger partial charge < -0.3 is 47.7 Å². The summed E-state index contributed by atoms with van der Waals surface area (Å²) >= 11 is 0. The van der Waals surface area contributed by atoms with Crippen molar-refractivity contribution in [2.75, 3.05) is 86.4 Å². The summed E-state index contributed by atoms with van der Waals surface area (Å²) in [6.45, 7) is 0.411. The van der Waals surface area contributed by atoms with Gasteiger partial charge in [0.25, 0.3) is 0 Å². The number of carbonyl (C=O) groups is 4. The van der Waals surface area contributed by atoms with Crippen molar-refractivity contribution in [1.82, 2.24) is 0 Å². The summed E-state index contributed by atoms with van der Waals surface area (Å²) < 4.78 is 43.4. The van der Waals surface area contributed by atoms with Gasteiger partial charge in [0.2, 0.25) is 0 Å². The van der Waals surface area contributed by atoms with Gasteiger partial charge in [0.15, 0.2) is 0 Å². The number of ether oxygens (including phenoxy) is 9. The van der Waals surface area contributed by atoms with Crippen LogP contribution in [0.1, 0.15) is 19.3 Å². The molecule has 1 N–H and O–H groups in total. The van der Waals surface area contributed by atoms with Gasteiger partial charge in [-0.25, -0.2) is 9.59 Å². The van der Waals surface area contributed by atoms with E-state index < -0.39 is 24.2 Å². The average Bonchev–Trinajstić information content (AvgIpc) is 2.81. The quantitative estimate of drug-likeness (QED) is 0.129. The van der Waals surface area contributed by atoms with Crippen molar-refractivity contribution >= 4 is 24.2 Å². The number of carbonyl (C=O) groups excluding carboxylic acids is 4. The van der Waals surface area contributed by atoms with E-state index in [-0.39, 0.29) is 98.5 Å². The number of hydrogen-bond donors (Lipinski definition) is 1. The maximum absolute atomic E-state index is 11.6. The first-order valence-electron chi connectivity index (χ1n) is 10.6. The fourth-order valence-electron chi connectivity index (χ4n) is 1.94. The van der Waals surface area contributed by atoms with E-state index in [4.69, 9.17) is 33.5 Å². The lowest BCUT2D eigenvalue weighted by atomic mass is 10.2. The van der Waals surface area contributed by atoms with E-state index in [0.717, 1.165) is 0 Å². The Bertz CT molecular complexity index is 553. The Labute approximate surface area is 197 Å². The van der Waals surface area contributed by atoms with Gasteiger partial charge in [0.05, 0.1) is 39.6 Å². The van der Waals surface area contributed by atoms with E-state index in [2.05, 4.69) is 14.2 Å². The molecule has 0 aromatic carbocycles. The summed E-state index contributed by atoms with van der Waals surface area (Å²) in [6, 6.07) is 0. The molecule has 0 unspecified atom stereocenters. The molecule has 0 fully saturated rings. The van der Waals surface area contributed by atoms with Crippen LogP contribution in [0.5, 0.6) is 0 Å². The third-order valence-electron chi connectivity index (χ3n) is 3.46. The predicted molar refractivity (Wildman–Crippen MR) is 111 cm³/mol. The average molecular weight is 498 g/mol. The second-order valence-corrected chi connectivity index (χ2v) is 6.13. The fraction of sp³-hybridized carbons (Fsp3) is 0.800. The minimum Gasteiger partial charge on any atom is -0.463 e. The number of hydrogen-bond acceptors (Lipinski definition) is 14. The van der Waals surface area contributed by atoms with Crippen molar-refractivity contribution < 1.29 is 66.9 Å². The van der Waals surface area contributed by atoms with Crippen LogP contribution in [0, 0.1) is 0 Å². The fourth-order valence-corrected chi connectivity index (χ4v) is 1.94. The number of methoxy groups -OCH3 is 1. The molecule has 0 rings (SSSR count). The Hall–Kier alpha value is -2.68. The van der Waals surface area contributed by atoms with Crippen LogP contribution >= 0.6 is 0 Å². The second-order valence-electron chi connectivity index (χ2n) is 6.13. The Morgan fingerprint density at radius 2 is 0.912 bits per heavy atom. The highest BCUT2D eigenvalue weighted by atomic mass is 16.7. The third kappa shape index (κ3) is 22.5. The molecule has 0 aliphatic heterocycles. The monoisotopic (exact) mass is 498 g/mol. The lowest BCUT2D eigenvalue weighted by Gasteiger charge is -2.08. The van der Waals surface area contributed by atoms with Crippen LogP contribution in [-0.4, -0.2) is 116 Å². The minimum absolute atomic E-state index is 0.000745. The number of aliphatic hydroxyl groups excluding tert-OH is 1. The lowest BCUT2D eigenvalue weighted by molar-refractivity contribution is -0.147. The number of rotatable bonds is 21. The first-order valence-corrected chi connectivity index (χ1v) is 10.6. The van der Waals surface area contributed by atoms with E-state index in [1.807, 2.05) is 0 Å². The molecule has 34 heavy (non-hydrogen) atoms. The van der Waals surface area contributed by atoms with Crippen molar-refractivity contribution in [3.8, 4) is 0 Å². The van der Waals surface area contributed by atoms with Crippen molar-refractivity contribution in [1.29, 1.82) is 0 Å². The van der Waals surface area contributed by atoms with Gasteiger partial charge in [-0.1, -0.05) is 0 Å². The Morgan fingerprint density at radius 1 is 0.529 bits per heavy atom. The van der Waals surface area contributed by atoms with Crippen molar-refractivity contribution in [3.05, 3.63) is 0 Å². The van der Waals surface area contributed by atoms with Crippen LogP contribution in [0.4, 0.5) is 9.59 Å². The van der Waals surface area contributed by atoms with Crippen molar-refractivity contribution in [3.63, 3.8) is 0 Å². The first kappa shape index (κ1) is 31.3. The SMILES string of the molecule is COCCOC(=O)OCCOCCOC(=O)CCCC(=O)OCCOCCOC(=O)OCCO. The number of esters is 2. The molecule has 0 aromatic heterocycles. The van der Waals surface area contributed by atoms with E-state index in [1.165, 1.54) is 7.11 Å².